The molecule has 1 aromatic carbocycles. The van der Waals surface area contributed by atoms with E-state index in [1.54, 1.807) is 23.5 Å². The number of nitrogens with two attached hydrogens (primary N) is 1. The van der Waals surface area contributed by atoms with E-state index in [0.29, 0.717) is 24.7 Å². The van der Waals surface area contributed by atoms with Gasteiger partial charge in [-0.3, -0.25) is 4.90 Å². The number of aryl methyl sites for hydroxylation is 2. The van der Waals surface area contributed by atoms with Crippen molar-refractivity contribution in [2.24, 2.45) is 0 Å². The molecule has 0 radical (unpaired) electrons. The Morgan fingerprint density at radius 1 is 1.13 bits per heavy atom. The van der Waals surface area contributed by atoms with Gasteiger partial charge in [-0.15, -0.1) is 11.3 Å². The van der Waals surface area contributed by atoms with Gasteiger partial charge in [-0.05, 0) is 44.2 Å². The number of benzene rings is 1. The van der Waals surface area contributed by atoms with Crippen LogP contribution in [0.3, 0.4) is 0 Å². The third kappa shape index (κ3) is 3.33. The molecule has 120 valence electrons. The average Bonchev–Trinajstić information content (AvgIpc) is 2.76. The van der Waals surface area contributed by atoms with Gasteiger partial charge in [0, 0.05) is 11.4 Å². The standard InChI is InChI=1S/C17H19FN4S/c1-10-11(2)23-17-15(10)16(19)20-14(21-17)9-22(3)8-12-4-6-13(18)7-5-12/h4-7H,8-9H2,1-3H3,(H2,19,20,21). The largest absolute Gasteiger partial charge is 0.383 e. The van der Waals surface area contributed by atoms with Crippen molar-refractivity contribution in [2.45, 2.75) is 26.9 Å². The first-order chi connectivity index (χ1) is 10.9. The summed E-state index contributed by atoms with van der Waals surface area (Å²) in [6, 6.07) is 6.52. The second-order valence-corrected chi connectivity index (χ2v) is 6.99. The van der Waals surface area contributed by atoms with Crippen LogP contribution in [0.2, 0.25) is 0 Å². The molecular formula is C17H19FN4S. The Kier molecular flexibility index (Phi) is 4.28. The van der Waals surface area contributed by atoms with Crippen LogP contribution in [0.15, 0.2) is 24.3 Å². The van der Waals surface area contributed by atoms with Crippen molar-refractivity contribution in [3.8, 4) is 0 Å². The van der Waals surface area contributed by atoms with Crippen molar-refractivity contribution < 1.29 is 4.39 Å². The van der Waals surface area contributed by atoms with Gasteiger partial charge in [-0.1, -0.05) is 12.1 Å². The first-order valence-electron chi connectivity index (χ1n) is 7.39. The lowest BCUT2D eigenvalue weighted by Crippen LogP contribution is -2.19. The van der Waals surface area contributed by atoms with Gasteiger partial charge in [-0.25, -0.2) is 14.4 Å². The second kappa shape index (κ2) is 6.22. The molecule has 0 saturated carbocycles. The number of halogens is 1. The highest BCUT2D eigenvalue weighted by molar-refractivity contribution is 7.18. The Bertz CT molecular complexity index is 842. The minimum Gasteiger partial charge on any atom is -0.383 e. The monoisotopic (exact) mass is 330 g/mol. The number of hydrogen-bond donors (Lipinski definition) is 1. The van der Waals surface area contributed by atoms with Crippen molar-refractivity contribution >= 4 is 27.4 Å². The molecule has 0 fully saturated rings. The zero-order valence-corrected chi connectivity index (χ0v) is 14.2. The van der Waals surface area contributed by atoms with E-state index in [4.69, 9.17) is 5.73 Å². The van der Waals surface area contributed by atoms with Gasteiger partial charge in [0.25, 0.3) is 0 Å². The molecule has 0 unspecified atom stereocenters. The summed E-state index contributed by atoms with van der Waals surface area (Å²) in [6.07, 6.45) is 0. The second-order valence-electron chi connectivity index (χ2n) is 5.79. The van der Waals surface area contributed by atoms with E-state index in [1.165, 1.54) is 17.0 Å². The van der Waals surface area contributed by atoms with Gasteiger partial charge in [0.15, 0.2) is 0 Å². The van der Waals surface area contributed by atoms with E-state index >= 15 is 0 Å². The van der Waals surface area contributed by atoms with Crippen molar-refractivity contribution in [1.82, 2.24) is 14.9 Å². The lowest BCUT2D eigenvalue weighted by molar-refractivity contribution is 0.311. The number of aromatic nitrogens is 2. The van der Waals surface area contributed by atoms with Crippen molar-refractivity contribution in [3.05, 3.63) is 51.9 Å². The molecule has 3 rings (SSSR count). The molecule has 2 N–H and O–H groups in total. The highest BCUT2D eigenvalue weighted by Gasteiger charge is 2.13. The Balaban J connectivity index is 1.79. The maximum atomic E-state index is 13.0. The summed E-state index contributed by atoms with van der Waals surface area (Å²) < 4.78 is 13.0. The molecule has 0 bridgehead atoms. The first-order valence-corrected chi connectivity index (χ1v) is 8.20. The third-order valence-electron chi connectivity index (χ3n) is 3.88. The summed E-state index contributed by atoms with van der Waals surface area (Å²) in [5, 5.41) is 0.970. The summed E-state index contributed by atoms with van der Waals surface area (Å²) in [7, 11) is 1.98. The van der Waals surface area contributed by atoms with Crippen LogP contribution < -0.4 is 5.73 Å². The molecular weight excluding hydrogens is 311 g/mol. The van der Waals surface area contributed by atoms with Crippen molar-refractivity contribution in [1.29, 1.82) is 0 Å². The Hall–Kier alpha value is -2.05. The lowest BCUT2D eigenvalue weighted by atomic mass is 10.2. The number of rotatable bonds is 4. The minimum absolute atomic E-state index is 0.221. The molecule has 0 aliphatic heterocycles. The summed E-state index contributed by atoms with van der Waals surface area (Å²) in [5.74, 6) is 1.03. The maximum Gasteiger partial charge on any atom is 0.146 e. The SMILES string of the molecule is Cc1sc2nc(CN(C)Cc3ccc(F)cc3)nc(N)c2c1C. The molecule has 0 amide bonds. The van der Waals surface area contributed by atoms with Crippen LogP contribution in [0.25, 0.3) is 10.2 Å². The smallest absolute Gasteiger partial charge is 0.146 e. The fourth-order valence-electron chi connectivity index (χ4n) is 2.60. The van der Waals surface area contributed by atoms with Crippen LogP contribution in [0, 0.1) is 19.7 Å². The topological polar surface area (TPSA) is 55.0 Å². The molecule has 0 aliphatic rings. The summed E-state index contributed by atoms with van der Waals surface area (Å²) in [6.45, 7) is 5.41. The number of nitrogen functional groups attached to an aromatic ring is 1. The molecule has 2 heterocycles. The Morgan fingerprint density at radius 3 is 2.52 bits per heavy atom. The van der Waals surface area contributed by atoms with Crippen LogP contribution in [0.1, 0.15) is 21.8 Å². The molecule has 23 heavy (non-hydrogen) atoms. The van der Waals surface area contributed by atoms with Crippen LogP contribution in [0.5, 0.6) is 0 Å². The lowest BCUT2D eigenvalue weighted by Gasteiger charge is -2.16. The molecule has 0 aliphatic carbocycles. The van der Waals surface area contributed by atoms with Crippen LogP contribution in [-0.4, -0.2) is 21.9 Å². The quantitative estimate of drug-likeness (QED) is 0.793. The van der Waals surface area contributed by atoms with E-state index in [-0.39, 0.29) is 5.82 Å². The zero-order valence-electron chi connectivity index (χ0n) is 13.4. The number of hydrogen-bond acceptors (Lipinski definition) is 5. The summed E-state index contributed by atoms with van der Waals surface area (Å²) in [4.78, 5) is 13.3. The van der Waals surface area contributed by atoms with Gasteiger partial charge in [0.05, 0.1) is 11.9 Å². The maximum absolute atomic E-state index is 13.0. The van der Waals surface area contributed by atoms with Crippen LogP contribution in [-0.2, 0) is 13.1 Å². The molecule has 0 spiro atoms. The zero-order chi connectivity index (χ0) is 16.6. The van der Waals surface area contributed by atoms with E-state index < -0.39 is 0 Å². The Labute approximate surface area is 138 Å². The van der Waals surface area contributed by atoms with E-state index in [2.05, 4.69) is 21.8 Å². The first kappa shape index (κ1) is 15.8. The van der Waals surface area contributed by atoms with Gasteiger partial charge in [0.1, 0.15) is 22.3 Å². The molecule has 6 heteroatoms. The fraction of sp³-hybridized carbons (Fsp3) is 0.294. The molecule has 3 aromatic rings. The predicted octanol–water partition coefficient (Wildman–Crippen LogP) is 3.66. The van der Waals surface area contributed by atoms with Gasteiger partial charge >= 0.3 is 0 Å². The Morgan fingerprint density at radius 2 is 1.83 bits per heavy atom. The van der Waals surface area contributed by atoms with Crippen LogP contribution >= 0.6 is 11.3 Å². The summed E-state index contributed by atoms with van der Waals surface area (Å²) in [5.41, 5.74) is 8.32. The van der Waals surface area contributed by atoms with Crippen molar-refractivity contribution in [2.75, 3.05) is 12.8 Å². The normalized spacial score (nSPS) is 11.5. The molecule has 2 aromatic heterocycles. The molecule has 0 saturated heterocycles. The van der Waals surface area contributed by atoms with E-state index in [9.17, 15) is 4.39 Å². The number of fused-ring (bicyclic) bond motifs is 1. The van der Waals surface area contributed by atoms with E-state index in [1.807, 2.05) is 14.0 Å². The fourth-order valence-corrected chi connectivity index (χ4v) is 3.65. The average molecular weight is 330 g/mol. The highest BCUT2D eigenvalue weighted by Crippen LogP contribution is 2.31. The third-order valence-corrected chi connectivity index (χ3v) is 4.98. The number of nitrogens with zero attached hydrogens (tertiary/aromatic N) is 3. The summed E-state index contributed by atoms with van der Waals surface area (Å²) >= 11 is 1.65. The predicted molar refractivity (Wildman–Crippen MR) is 92.9 cm³/mol. The van der Waals surface area contributed by atoms with Gasteiger partial charge < -0.3 is 5.73 Å². The van der Waals surface area contributed by atoms with Gasteiger partial charge in [-0.2, -0.15) is 0 Å². The highest BCUT2D eigenvalue weighted by atomic mass is 32.1. The molecule has 4 nitrogen and oxygen atoms in total. The number of thiophene rings is 1. The van der Waals surface area contributed by atoms with Gasteiger partial charge in [0.2, 0.25) is 0 Å². The van der Waals surface area contributed by atoms with E-state index in [0.717, 1.165) is 21.3 Å². The number of anilines is 1. The molecule has 0 atom stereocenters. The van der Waals surface area contributed by atoms with Crippen LogP contribution in [0.4, 0.5) is 10.2 Å². The van der Waals surface area contributed by atoms with Crippen molar-refractivity contribution in [3.63, 3.8) is 0 Å². The minimum atomic E-state index is -0.221.